The summed E-state index contributed by atoms with van der Waals surface area (Å²) in [5, 5.41) is 3.33. The fourth-order valence-electron chi connectivity index (χ4n) is 2.01. The number of aryl methyl sites for hydroxylation is 2. The van der Waals surface area contributed by atoms with Crippen molar-refractivity contribution >= 4 is 9.84 Å². The predicted molar refractivity (Wildman–Crippen MR) is 74.5 cm³/mol. The van der Waals surface area contributed by atoms with E-state index in [1.165, 1.54) is 6.26 Å². The number of nitrogens with one attached hydrogen (secondary N) is 1. The van der Waals surface area contributed by atoms with E-state index in [9.17, 15) is 8.42 Å². The summed E-state index contributed by atoms with van der Waals surface area (Å²) in [6.07, 6.45) is 1.86. The van der Waals surface area contributed by atoms with Gasteiger partial charge in [0.05, 0.1) is 5.75 Å². The summed E-state index contributed by atoms with van der Waals surface area (Å²) in [5.41, 5.74) is 3.04. The minimum absolute atomic E-state index is 0.0535. The lowest BCUT2D eigenvalue weighted by molar-refractivity contribution is 0.525. The van der Waals surface area contributed by atoms with Gasteiger partial charge in [-0.1, -0.05) is 13.0 Å². The van der Waals surface area contributed by atoms with Crippen molar-refractivity contribution in [1.29, 1.82) is 0 Å². The van der Waals surface area contributed by atoms with E-state index in [0.717, 1.165) is 23.5 Å². The molecule has 0 spiro atoms. The summed E-state index contributed by atoms with van der Waals surface area (Å²) in [4.78, 5) is 4.43. The molecule has 0 aromatic carbocycles. The number of hydrogen-bond donors (Lipinski definition) is 1. The highest BCUT2D eigenvalue weighted by Crippen LogP contribution is 2.20. The van der Waals surface area contributed by atoms with Crippen LogP contribution in [0, 0.1) is 13.8 Å². The Labute approximate surface area is 110 Å². The Morgan fingerprint density at radius 3 is 2.50 bits per heavy atom. The molecule has 0 saturated carbocycles. The van der Waals surface area contributed by atoms with Crippen molar-refractivity contribution in [1.82, 2.24) is 10.3 Å². The van der Waals surface area contributed by atoms with Gasteiger partial charge in [-0.2, -0.15) is 0 Å². The number of rotatable bonds is 6. The van der Waals surface area contributed by atoms with Crippen molar-refractivity contribution < 1.29 is 8.42 Å². The molecule has 0 aliphatic carbocycles. The average molecular weight is 270 g/mol. The first-order chi connectivity index (χ1) is 8.33. The Hall–Kier alpha value is -0.940. The SMILES string of the molecule is CCNC(CCS(C)(=O)=O)c1ccc(C)nc1C. The maximum Gasteiger partial charge on any atom is 0.147 e. The van der Waals surface area contributed by atoms with Crippen LogP contribution in [0.3, 0.4) is 0 Å². The van der Waals surface area contributed by atoms with Gasteiger partial charge in [0.2, 0.25) is 0 Å². The van der Waals surface area contributed by atoms with Crippen LogP contribution >= 0.6 is 0 Å². The maximum atomic E-state index is 11.3. The van der Waals surface area contributed by atoms with Crippen LogP contribution in [0.5, 0.6) is 0 Å². The van der Waals surface area contributed by atoms with E-state index >= 15 is 0 Å². The van der Waals surface area contributed by atoms with Gasteiger partial charge in [0.1, 0.15) is 9.84 Å². The fraction of sp³-hybridized carbons (Fsp3) is 0.615. The van der Waals surface area contributed by atoms with Crippen LogP contribution < -0.4 is 5.32 Å². The normalized spacial score (nSPS) is 13.6. The van der Waals surface area contributed by atoms with E-state index in [4.69, 9.17) is 0 Å². The molecule has 0 aliphatic heterocycles. The highest BCUT2D eigenvalue weighted by atomic mass is 32.2. The van der Waals surface area contributed by atoms with Crippen LogP contribution in [0.1, 0.15) is 36.3 Å². The van der Waals surface area contributed by atoms with Gasteiger partial charge < -0.3 is 5.32 Å². The second-order valence-electron chi connectivity index (χ2n) is 4.66. The van der Waals surface area contributed by atoms with Crippen molar-refractivity contribution in [3.8, 4) is 0 Å². The van der Waals surface area contributed by atoms with Crippen molar-refractivity contribution in [2.45, 2.75) is 33.2 Å². The Morgan fingerprint density at radius 1 is 1.33 bits per heavy atom. The van der Waals surface area contributed by atoms with Gasteiger partial charge in [0, 0.05) is 23.7 Å². The monoisotopic (exact) mass is 270 g/mol. The maximum absolute atomic E-state index is 11.3. The summed E-state index contributed by atoms with van der Waals surface area (Å²) in [6.45, 7) is 6.74. The molecule has 0 aliphatic rings. The van der Waals surface area contributed by atoms with Crippen molar-refractivity contribution in [3.63, 3.8) is 0 Å². The lowest BCUT2D eigenvalue weighted by Crippen LogP contribution is -2.24. The van der Waals surface area contributed by atoms with Gasteiger partial charge >= 0.3 is 0 Å². The quantitative estimate of drug-likeness (QED) is 0.856. The predicted octanol–water partition coefficient (Wildman–Crippen LogP) is 1.78. The third-order valence-corrected chi connectivity index (χ3v) is 3.85. The summed E-state index contributed by atoms with van der Waals surface area (Å²) >= 11 is 0. The van der Waals surface area contributed by atoms with Gasteiger partial charge in [-0.05, 0) is 38.4 Å². The first-order valence-electron chi connectivity index (χ1n) is 6.18. The molecule has 0 saturated heterocycles. The van der Waals surface area contributed by atoms with E-state index in [0.29, 0.717) is 6.42 Å². The molecular weight excluding hydrogens is 248 g/mol. The number of hydrogen-bond acceptors (Lipinski definition) is 4. The fourth-order valence-corrected chi connectivity index (χ4v) is 2.68. The molecule has 0 bridgehead atoms. The second-order valence-corrected chi connectivity index (χ2v) is 6.92. The second kappa shape index (κ2) is 6.29. The lowest BCUT2D eigenvalue weighted by Gasteiger charge is -2.19. The largest absolute Gasteiger partial charge is 0.310 e. The van der Waals surface area contributed by atoms with Crippen LogP contribution in [0.15, 0.2) is 12.1 Å². The molecular formula is C13H22N2O2S. The third kappa shape index (κ3) is 4.74. The Bertz CT molecular complexity index is 498. The highest BCUT2D eigenvalue weighted by molar-refractivity contribution is 7.90. The molecule has 1 N–H and O–H groups in total. The lowest BCUT2D eigenvalue weighted by atomic mass is 10.0. The van der Waals surface area contributed by atoms with Gasteiger partial charge in [-0.15, -0.1) is 0 Å². The Kier molecular flexibility index (Phi) is 5.28. The first kappa shape index (κ1) is 15.1. The number of pyridine rings is 1. The van der Waals surface area contributed by atoms with Gasteiger partial charge in [0.15, 0.2) is 0 Å². The van der Waals surface area contributed by atoms with Crippen molar-refractivity contribution in [2.75, 3.05) is 18.6 Å². The number of aromatic nitrogens is 1. The van der Waals surface area contributed by atoms with Crippen LogP contribution in [0.4, 0.5) is 0 Å². The van der Waals surface area contributed by atoms with E-state index in [2.05, 4.69) is 10.3 Å². The molecule has 0 amide bonds. The molecule has 1 unspecified atom stereocenters. The molecule has 102 valence electrons. The van der Waals surface area contributed by atoms with Crippen LogP contribution in [-0.4, -0.2) is 32.0 Å². The highest BCUT2D eigenvalue weighted by Gasteiger charge is 2.16. The Balaban J connectivity index is 2.90. The van der Waals surface area contributed by atoms with E-state index < -0.39 is 9.84 Å². The summed E-state index contributed by atoms with van der Waals surface area (Å²) in [6, 6.07) is 4.05. The third-order valence-electron chi connectivity index (χ3n) is 2.87. The minimum atomic E-state index is -2.93. The van der Waals surface area contributed by atoms with Crippen LogP contribution in [0.2, 0.25) is 0 Å². The van der Waals surface area contributed by atoms with Gasteiger partial charge in [-0.25, -0.2) is 8.42 Å². The molecule has 4 nitrogen and oxygen atoms in total. The number of nitrogens with zero attached hydrogens (tertiary/aromatic N) is 1. The van der Waals surface area contributed by atoms with Gasteiger partial charge in [0.25, 0.3) is 0 Å². The molecule has 1 atom stereocenters. The molecule has 1 aromatic rings. The Morgan fingerprint density at radius 2 is 2.00 bits per heavy atom. The topological polar surface area (TPSA) is 59.1 Å². The zero-order valence-electron chi connectivity index (χ0n) is 11.5. The van der Waals surface area contributed by atoms with E-state index in [-0.39, 0.29) is 11.8 Å². The minimum Gasteiger partial charge on any atom is -0.310 e. The standard InChI is InChI=1S/C13H22N2O2S/c1-5-14-13(8-9-18(4,16)17)12-7-6-10(2)15-11(12)3/h6-7,13-14H,5,8-9H2,1-4H3. The van der Waals surface area contributed by atoms with Crippen LogP contribution in [0.25, 0.3) is 0 Å². The molecule has 5 heteroatoms. The molecule has 18 heavy (non-hydrogen) atoms. The summed E-state index contributed by atoms with van der Waals surface area (Å²) < 4.78 is 22.5. The number of sulfone groups is 1. The molecule has 0 radical (unpaired) electrons. The first-order valence-corrected chi connectivity index (χ1v) is 8.24. The van der Waals surface area contributed by atoms with Crippen molar-refractivity contribution in [2.24, 2.45) is 0 Å². The molecule has 0 fully saturated rings. The van der Waals surface area contributed by atoms with Crippen LogP contribution in [-0.2, 0) is 9.84 Å². The zero-order chi connectivity index (χ0) is 13.8. The average Bonchev–Trinajstić information content (AvgIpc) is 2.24. The molecule has 1 aromatic heterocycles. The molecule has 1 rings (SSSR count). The molecule has 1 heterocycles. The van der Waals surface area contributed by atoms with E-state index in [1.54, 1.807) is 0 Å². The zero-order valence-corrected chi connectivity index (χ0v) is 12.3. The van der Waals surface area contributed by atoms with E-state index in [1.807, 2.05) is 32.9 Å². The van der Waals surface area contributed by atoms with Gasteiger partial charge in [-0.3, -0.25) is 4.98 Å². The summed E-state index contributed by atoms with van der Waals surface area (Å²) in [7, 11) is -2.93. The van der Waals surface area contributed by atoms with Crippen molar-refractivity contribution in [3.05, 3.63) is 29.1 Å². The smallest absolute Gasteiger partial charge is 0.147 e. The summed E-state index contributed by atoms with van der Waals surface area (Å²) in [5.74, 6) is 0.192.